The Morgan fingerprint density at radius 2 is 1.93 bits per heavy atom. The Kier molecular flexibility index (Phi) is 5.95. The summed E-state index contributed by atoms with van der Waals surface area (Å²) in [5.74, 6) is -0.302. The first-order chi connectivity index (χ1) is 14.2. The van der Waals surface area contributed by atoms with Gasteiger partial charge in [0.1, 0.15) is 5.01 Å². The first kappa shape index (κ1) is 19.3. The van der Waals surface area contributed by atoms with Crippen LogP contribution in [0, 0.1) is 5.92 Å². The van der Waals surface area contributed by atoms with E-state index in [0.717, 1.165) is 29.1 Å². The molecule has 1 saturated carbocycles. The number of amides is 1. The fourth-order valence-electron chi connectivity index (χ4n) is 3.12. The predicted octanol–water partition coefficient (Wildman–Crippen LogP) is 3.56. The summed E-state index contributed by atoms with van der Waals surface area (Å²) in [6, 6.07) is 15.5. The molecule has 0 radical (unpaired) electrons. The van der Waals surface area contributed by atoms with Crippen LogP contribution in [-0.4, -0.2) is 28.5 Å². The molecule has 4 rings (SSSR count). The summed E-state index contributed by atoms with van der Waals surface area (Å²) < 4.78 is 5.16. The topological polar surface area (TPSA) is 81.2 Å². The first-order valence-corrected chi connectivity index (χ1v) is 10.4. The van der Waals surface area contributed by atoms with Crippen molar-refractivity contribution in [3.05, 3.63) is 71.4 Å². The zero-order valence-electron chi connectivity index (χ0n) is 15.8. The van der Waals surface area contributed by atoms with E-state index in [0.29, 0.717) is 11.6 Å². The second kappa shape index (κ2) is 8.96. The van der Waals surface area contributed by atoms with Crippen LogP contribution in [0.25, 0.3) is 10.7 Å². The molecule has 0 aliphatic heterocycles. The van der Waals surface area contributed by atoms with Crippen LogP contribution in [-0.2, 0) is 20.7 Å². The molecule has 1 aliphatic carbocycles. The van der Waals surface area contributed by atoms with E-state index in [4.69, 9.17) is 4.74 Å². The number of benzene rings is 1. The minimum Gasteiger partial charge on any atom is -0.455 e. The minimum atomic E-state index is -0.472. The van der Waals surface area contributed by atoms with E-state index in [-0.39, 0.29) is 25.0 Å². The van der Waals surface area contributed by atoms with Gasteiger partial charge in [-0.1, -0.05) is 36.4 Å². The lowest BCUT2D eigenvalue weighted by Crippen LogP contribution is -2.33. The van der Waals surface area contributed by atoms with Gasteiger partial charge in [0, 0.05) is 11.6 Å². The summed E-state index contributed by atoms with van der Waals surface area (Å²) in [6.07, 6.45) is 3.93. The van der Waals surface area contributed by atoms with Crippen molar-refractivity contribution in [2.75, 3.05) is 6.61 Å². The number of aromatic nitrogens is 2. The van der Waals surface area contributed by atoms with Crippen molar-refractivity contribution in [2.24, 2.45) is 5.92 Å². The van der Waals surface area contributed by atoms with Gasteiger partial charge in [0.25, 0.3) is 5.91 Å². The van der Waals surface area contributed by atoms with Gasteiger partial charge in [-0.05, 0) is 36.5 Å². The number of pyridine rings is 1. The maximum atomic E-state index is 12.3. The molecule has 6 nitrogen and oxygen atoms in total. The third kappa shape index (κ3) is 5.26. The molecule has 2 heterocycles. The summed E-state index contributed by atoms with van der Waals surface area (Å²) in [7, 11) is 0. The van der Waals surface area contributed by atoms with Gasteiger partial charge in [-0.3, -0.25) is 14.6 Å². The van der Waals surface area contributed by atoms with E-state index in [1.54, 1.807) is 6.20 Å². The van der Waals surface area contributed by atoms with Crippen LogP contribution in [0.15, 0.2) is 60.1 Å². The molecule has 3 aromatic rings. The average Bonchev–Trinajstić information content (AvgIpc) is 3.50. The molecule has 148 valence electrons. The lowest BCUT2D eigenvalue weighted by Gasteiger charge is -2.18. The highest BCUT2D eigenvalue weighted by Gasteiger charge is 2.33. The largest absolute Gasteiger partial charge is 0.455 e. The lowest BCUT2D eigenvalue weighted by atomic mass is 10.0. The Hall–Kier alpha value is -3.06. The van der Waals surface area contributed by atoms with Gasteiger partial charge in [0.15, 0.2) is 6.61 Å². The van der Waals surface area contributed by atoms with Crippen LogP contribution in [0.2, 0.25) is 0 Å². The Morgan fingerprint density at radius 3 is 2.66 bits per heavy atom. The van der Waals surface area contributed by atoms with Crippen LogP contribution >= 0.6 is 11.3 Å². The summed E-state index contributed by atoms with van der Waals surface area (Å²) >= 11 is 1.42. The zero-order valence-corrected chi connectivity index (χ0v) is 16.6. The smallest absolute Gasteiger partial charge is 0.312 e. The van der Waals surface area contributed by atoms with Gasteiger partial charge >= 0.3 is 5.97 Å². The number of esters is 1. The maximum absolute atomic E-state index is 12.3. The van der Waals surface area contributed by atoms with E-state index >= 15 is 0 Å². The van der Waals surface area contributed by atoms with Crippen LogP contribution in [0.1, 0.15) is 30.1 Å². The van der Waals surface area contributed by atoms with Crippen LogP contribution in [0.3, 0.4) is 0 Å². The van der Waals surface area contributed by atoms with Crippen LogP contribution in [0.4, 0.5) is 0 Å². The summed E-state index contributed by atoms with van der Waals surface area (Å²) in [4.78, 5) is 33.1. The van der Waals surface area contributed by atoms with Gasteiger partial charge in [0.05, 0.1) is 23.9 Å². The van der Waals surface area contributed by atoms with Crippen LogP contribution < -0.4 is 5.32 Å². The van der Waals surface area contributed by atoms with Crippen molar-refractivity contribution in [1.82, 2.24) is 15.3 Å². The van der Waals surface area contributed by atoms with E-state index in [9.17, 15) is 9.59 Å². The number of rotatable bonds is 8. The van der Waals surface area contributed by atoms with Gasteiger partial charge in [-0.25, -0.2) is 4.98 Å². The number of hydrogen-bond donors (Lipinski definition) is 1. The Morgan fingerprint density at radius 1 is 1.14 bits per heavy atom. The first-order valence-electron chi connectivity index (χ1n) is 9.55. The van der Waals surface area contributed by atoms with Crippen molar-refractivity contribution in [1.29, 1.82) is 0 Å². The highest BCUT2D eigenvalue weighted by Crippen LogP contribution is 2.40. The number of carbonyl (C=O) groups excluding carboxylic acids is 2. The van der Waals surface area contributed by atoms with Crippen molar-refractivity contribution < 1.29 is 14.3 Å². The molecule has 29 heavy (non-hydrogen) atoms. The monoisotopic (exact) mass is 407 g/mol. The van der Waals surface area contributed by atoms with Crippen molar-refractivity contribution in [2.45, 2.75) is 25.3 Å². The summed E-state index contributed by atoms with van der Waals surface area (Å²) in [5, 5.41) is 5.56. The number of nitrogens with one attached hydrogen (secondary N) is 1. The minimum absolute atomic E-state index is 0.0260. The second-order valence-electron chi connectivity index (χ2n) is 6.99. The normalized spacial score (nSPS) is 14.2. The maximum Gasteiger partial charge on any atom is 0.312 e. The fraction of sp³-hybridized carbons (Fsp3) is 0.273. The molecule has 1 unspecified atom stereocenters. The van der Waals surface area contributed by atoms with E-state index < -0.39 is 5.97 Å². The standard InChI is InChI=1S/C22H21N3O3S/c26-19(25-21(16-9-10-16)15-6-2-1-3-7-15)13-28-20(27)12-17-14-29-22(24-17)18-8-4-5-11-23-18/h1-8,11,14,16,21H,9-10,12-13H2,(H,25,26). The fourth-order valence-corrected chi connectivity index (χ4v) is 3.91. The highest BCUT2D eigenvalue weighted by molar-refractivity contribution is 7.13. The molecule has 1 aliphatic rings. The Bertz CT molecular complexity index is 971. The third-order valence-corrected chi connectivity index (χ3v) is 5.61. The van der Waals surface area contributed by atoms with Gasteiger partial charge < -0.3 is 10.1 Å². The zero-order chi connectivity index (χ0) is 20.1. The molecule has 7 heteroatoms. The lowest BCUT2D eigenvalue weighted by molar-refractivity contribution is -0.148. The van der Waals surface area contributed by atoms with E-state index in [2.05, 4.69) is 15.3 Å². The average molecular weight is 407 g/mol. The quantitative estimate of drug-likeness (QED) is 0.578. The number of nitrogens with zero attached hydrogens (tertiary/aromatic N) is 2. The summed E-state index contributed by atoms with van der Waals surface area (Å²) in [6.45, 7) is -0.286. The molecular formula is C22H21N3O3S. The molecule has 1 fully saturated rings. The summed E-state index contributed by atoms with van der Waals surface area (Å²) in [5.41, 5.74) is 2.46. The Labute approximate surface area is 173 Å². The molecular weight excluding hydrogens is 386 g/mol. The van der Waals surface area contributed by atoms with E-state index in [1.807, 2.05) is 53.9 Å². The number of ether oxygens (including phenoxy) is 1. The van der Waals surface area contributed by atoms with Crippen LogP contribution in [0.5, 0.6) is 0 Å². The molecule has 0 spiro atoms. The third-order valence-electron chi connectivity index (χ3n) is 4.69. The van der Waals surface area contributed by atoms with Crippen molar-refractivity contribution >= 4 is 23.2 Å². The molecule has 2 aromatic heterocycles. The number of hydrogen-bond acceptors (Lipinski definition) is 6. The second-order valence-corrected chi connectivity index (χ2v) is 7.85. The van der Waals surface area contributed by atoms with Crippen molar-refractivity contribution in [3.8, 4) is 10.7 Å². The molecule has 1 aromatic carbocycles. The molecule has 0 saturated heterocycles. The van der Waals surface area contributed by atoms with Gasteiger partial charge in [-0.15, -0.1) is 11.3 Å². The number of thiazole rings is 1. The molecule has 1 atom stereocenters. The molecule has 1 amide bonds. The van der Waals surface area contributed by atoms with Gasteiger partial charge in [0.2, 0.25) is 0 Å². The Balaban J connectivity index is 1.27. The highest BCUT2D eigenvalue weighted by atomic mass is 32.1. The van der Waals surface area contributed by atoms with E-state index in [1.165, 1.54) is 11.3 Å². The predicted molar refractivity (Wildman–Crippen MR) is 110 cm³/mol. The number of carbonyl (C=O) groups is 2. The van der Waals surface area contributed by atoms with Crippen molar-refractivity contribution in [3.63, 3.8) is 0 Å². The SMILES string of the molecule is O=C(COC(=O)Cc1csc(-c2ccccn2)n1)NC(c1ccccc1)C1CC1. The molecule has 0 bridgehead atoms. The molecule has 1 N–H and O–H groups in total. The van der Waals surface area contributed by atoms with Gasteiger partial charge in [-0.2, -0.15) is 0 Å².